The van der Waals surface area contributed by atoms with Crippen molar-refractivity contribution in [2.45, 2.75) is 31.7 Å². The number of amides is 1. The second-order valence-corrected chi connectivity index (χ2v) is 7.34. The molecule has 2 aromatic rings. The molecule has 0 bridgehead atoms. The minimum absolute atomic E-state index is 0.146. The van der Waals surface area contributed by atoms with Crippen molar-refractivity contribution in [3.8, 4) is 0 Å². The summed E-state index contributed by atoms with van der Waals surface area (Å²) in [7, 11) is 0. The maximum Gasteiger partial charge on any atom is 0.226 e. The highest BCUT2D eigenvalue weighted by Gasteiger charge is 2.24. The van der Waals surface area contributed by atoms with E-state index in [4.69, 9.17) is 28.9 Å². The van der Waals surface area contributed by atoms with Gasteiger partial charge in [-0.3, -0.25) is 4.79 Å². The average Bonchev–Trinajstić information content (AvgIpc) is 2.65. The van der Waals surface area contributed by atoms with Gasteiger partial charge in [0.25, 0.3) is 0 Å². The molecule has 2 N–H and O–H groups in total. The third-order valence-electron chi connectivity index (χ3n) is 4.85. The highest BCUT2D eigenvalue weighted by atomic mass is 35.5. The molecular formula is C20H22Cl2N2O. The summed E-state index contributed by atoms with van der Waals surface area (Å²) in [6.07, 6.45) is 2.34. The first-order chi connectivity index (χ1) is 12.1. The summed E-state index contributed by atoms with van der Waals surface area (Å²) in [5.74, 6) is 0.646. The summed E-state index contributed by atoms with van der Waals surface area (Å²) < 4.78 is 0. The number of carbonyl (C=O) groups is 1. The molecule has 1 saturated heterocycles. The van der Waals surface area contributed by atoms with Crippen molar-refractivity contribution < 1.29 is 4.79 Å². The standard InChI is InChI=1S/C20H22Cl2N2O/c21-18-5-4-14(11-19(18)22)12-20(25)24-8-6-16(7-9-24)17-3-1-2-15(10-17)13-23/h1-5,10-11,16H,6-9,12-13,23H2. The molecule has 5 heteroatoms. The van der Waals surface area contributed by atoms with Crippen LogP contribution in [0.1, 0.15) is 35.4 Å². The summed E-state index contributed by atoms with van der Waals surface area (Å²) in [6, 6.07) is 13.8. The number of hydrogen-bond acceptors (Lipinski definition) is 2. The van der Waals surface area contributed by atoms with E-state index in [1.165, 1.54) is 5.56 Å². The van der Waals surface area contributed by atoms with Crippen molar-refractivity contribution in [3.05, 3.63) is 69.2 Å². The Bertz CT molecular complexity index is 755. The summed E-state index contributed by atoms with van der Waals surface area (Å²) >= 11 is 12.0. The van der Waals surface area contributed by atoms with Crippen LogP contribution in [0.4, 0.5) is 0 Å². The van der Waals surface area contributed by atoms with Gasteiger partial charge in [0.2, 0.25) is 5.91 Å². The van der Waals surface area contributed by atoms with Crippen molar-refractivity contribution in [2.24, 2.45) is 5.73 Å². The number of piperidine rings is 1. The highest BCUT2D eigenvalue weighted by molar-refractivity contribution is 6.42. The zero-order valence-electron chi connectivity index (χ0n) is 14.1. The first kappa shape index (κ1) is 18.2. The molecule has 0 radical (unpaired) electrons. The average molecular weight is 377 g/mol. The zero-order chi connectivity index (χ0) is 17.8. The number of nitrogens with two attached hydrogens (primary N) is 1. The normalized spacial score (nSPS) is 15.4. The largest absolute Gasteiger partial charge is 0.342 e. The fourth-order valence-corrected chi connectivity index (χ4v) is 3.69. The fraction of sp³-hybridized carbons (Fsp3) is 0.350. The van der Waals surface area contributed by atoms with Gasteiger partial charge in [-0.15, -0.1) is 0 Å². The van der Waals surface area contributed by atoms with E-state index in [1.807, 2.05) is 11.0 Å². The molecule has 3 nitrogen and oxygen atoms in total. The van der Waals surface area contributed by atoms with E-state index in [-0.39, 0.29) is 5.91 Å². The third-order valence-corrected chi connectivity index (χ3v) is 5.58. The lowest BCUT2D eigenvalue weighted by Crippen LogP contribution is -2.38. The Morgan fingerprint density at radius 3 is 2.48 bits per heavy atom. The Balaban J connectivity index is 1.57. The van der Waals surface area contributed by atoms with Crippen molar-refractivity contribution >= 4 is 29.1 Å². The fourth-order valence-electron chi connectivity index (χ4n) is 3.37. The lowest BCUT2D eigenvalue weighted by atomic mass is 9.88. The number of halogens is 2. The molecule has 0 spiro atoms. The van der Waals surface area contributed by atoms with Gasteiger partial charge in [-0.05, 0) is 47.6 Å². The van der Waals surface area contributed by atoms with Crippen molar-refractivity contribution in [3.63, 3.8) is 0 Å². The van der Waals surface area contributed by atoms with Gasteiger partial charge in [-0.1, -0.05) is 53.5 Å². The van der Waals surface area contributed by atoms with Crippen molar-refractivity contribution in [1.29, 1.82) is 0 Å². The van der Waals surface area contributed by atoms with Gasteiger partial charge in [0, 0.05) is 19.6 Å². The quantitative estimate of drug-likeness (QED) is 0.859. The molecule has 1 fully saturated rings. The Kier molecular flexibility index (Phi) is 6.00. The molecule has 1 aliphatic heterocycles. The molecule has 0 aromatic heterocycles. The maximum atomic E-state index is 12.5. The van der Waals surface area contributed by atoms with Crippen molar-refractivity contribution in [1.82, 2.24) is 4.90 Å². The second-order valence-electron chi connectivity index (χ2n) is 6.53. The lowest BCUT2D eigenvalue weighted by Gasteiger charge is -2.32. The Morgan fingerprint density at radius 2 is 1.80 bits per heavy atom. The van der Waals surface area contributed by atoms with Gasteiger partial charge in [0.15, 0.2) is 0 Å². The smallest absolute Gasteiger partial charge is 0.226 e. The highest BCUT2D eigenvalue weighted by Crippen LogP contribution is 2.29. The number of hydrogen-bond donors (Lipinski definition) is 1. The van der Waals surface area contributed by atoms with E-state index in [1.54, 1.807) is 12.1 Å². The molecule has 25 heavy (non-hydrogen) atoms. The summed E-state index contributed by atoms with van der Waals surface area (Å²) in [6.45, 7) is 2.14. The first-order valence-corrected chi connectivity index (χ1v) is 9.33. The molecular weight excluding hydrogens is 355 g/mol. The van der Waals surface area contributed by atoms with E-state index in [0.717, 1.165) is 37.1 Å². The Labute approximate surface area is 158 Å². The summed E-state index contributed by atoms with van der Waals surface area (Å²) in [5, 5.41) is 1.00. The molecule has 1 heterocycles. The summed E-state index contributed by atoms with van der Waals surface area (Å²) in [4.78, 5) is 14.5. The lowest BCUT2D eigenvalue weighted by molar-refractivity contribution is -0.131. The number of nitrogens with zero attached hydrogens (tertiary/aromatic N) is 1. The molecule has 2 aromatic carbocycles. The maximum absolute atomic E-state index is 12.5. The topological polar surface area (TPSA) is 46.3 Å². The molecule has 1 amide bonds. The van der Waals surface area contributed by atoms with Gasteiger partial charge in [0.05, 0.1) is 16.5 Å². The molecule has 1 aliphatic rings. The monoisotopic (exact) mass is 376 g/mol. The molecule has 132 valence electrons. The van der Waals surface area contributed by atoms with E-state index >= 15 is 0 Å². The summed E-state index contributed by atoms with van der Waals surface area (Å²) in [5.41, 5.74) is 9.13. The van der Waals surface area contributed by atoms with Crippen LogP contribution >= 0.6 is 23.2 Å². The van der Waals surface area contributed by atoms with Crippen LogP contribution < -0.4 is 5.73 Å². The second kappa shape index (κ2) is 8.22. The van der Waals surface area contributed by atoms with Crippen LogP contribution in [0.5, 0.6) is 0 Å². The van der Waals surface area contributed by atoms with E-state index < -0.39 is 0 Å². The number of benzene rings is 2. The van der Waals surface area contributed by atoms with Crippen LogP contribution in [0.15, 0.2) is 42.5 Å². The molecule has 0 saturated carbocycles. The third kappa shape index (κ3) is 4.55. The molecule has 0 aliphatic carbocycles. The minimum atomic E-state index is 0.146. The number of likely N-dealkylation sites (tertiary alicyclic amines) is 1. The number of carbonyl (C=O) groups excluding carboxylic acids is 1. The Hall–Kier alpha value is -1.55. The van der Waals surface area contributed by atoms with Crippen LogP contribution in [0.25, 0.3) is 0 Å². The first-order valence-electron chi connectivity index (χ1n) is 8.57. The Morgan fingerprint density at radius 1 is 1.04 bits per heavy atom. The zero-order valence-corrected chi connectivity index (χ0v) is 15.6. The van der Waals surface area contributed by atoms with Gasteiger partial charge in [0.1, 0.15) is 0 Å². The van der Waals surface area contributed by atoms with Gasteiger partial charge in [-0.2, -0.15) is 0 Å². The van der Waals surface area contributed by atoms with Crippen LogP contribution in [0, 0.1) is 0 Å². The molecule has 3 rings (SSSR count). The van der Waals surface area contributed by atoms with Gasteiger partial charge in [-0.25, -0.2) is 0 Å². The van der Waals surface area contributed by atoms with Crippen LogP contribution in [-0.4, -0.2) is 23.9 Å². The molecule has 0 unspecified atom stereocenters. The van der Waals surface area contributed by atoms with E-state index in [0.29, 0.717) is 28.9 Å². The predicted octanol–water partition coefficient (Wildman–Crippen LogP) is 4.40. The van der Waals surface area contributed by atoms with Crippen LogP contribution in [0.2, 0.25) is 10.0 Å². The van der Waals surface area contributed by atoms with Crippen LogP contribution in [-0.2, 0) is 17.8 Å². The SMILES string of the molecule is NCc1cccc(C2CCN(C(=O)Cc3ccc(Cl)c(Cl)c3)CC2)c1. The van der Waals surface area contributed by atoms with E-state index in [9.17, 15) is 4.79 Å². The van der Waals surface area contributed by atoms with Crippen molar-refractivity contribution in [2.75, 3.05) is 13.1 Å². The van der Waals surface area contributed by atoms with Gasteiger partial charge < -0.3 is 10.6 Å². The van der Waals surface area contributed by atoms with E-state index in [2.05, 4.69) is 24.3 Å². The van der Waals surface area contributed by atoms with Crippen LogP contribution in [0.3, 0.4) is 0 Å². The minimum Gasteiger partial charge on any atom is -0.342 e. The number of rotatable bonds is 4. The predicted molar refractivity (Wildman–Crippen MR) is 103 cm³/mol. The van der Waals surface area contributed by atoms with Gasteiger partial charge >= 0.3 is 0 Å². The molecule has 0 atom stereocenters.